The summed E-state index contributed by atoms with van der Waals surface area (Å²) in [6, 6.07) is 5.52. The Kier molecular flexibility index (Phi) is 3.99. The highest BCUT2D eigenvalue weighted by Crippen LogP contribution is 2.21. The number of fused-ring (bicyclic) bond motifs is 1. The second-order valence-electron chi connectivity index (χ2n) is 3.86. The van der Waals surface area contributed by atoms with Crippen molar-refractivity contribution in [2.45, 2.75) is 19.4 Å². The summed E-state index contributed by atoms with van der Waals surface area (Å²) in [5, 5.41) is 18.6. The molecular formula is C12H15ClN2O2. The van der Waals surface area contributed by atoms with E-state index in [1.54, 1.807) is 6.07 Å². The van der Waals surface area contributed by atoms with E-state index in [0.29, 0.717) is 24.4 Å². The highest BCUT2D eigenvalue weighted by atomic mass is 35.5. The summed E-state index contributed by atoms with van der Waals surface area (Å²) in [5.74, 6) is 0.880. The highest BCUT2D eigenvalue weighted by molar-refractivity contribution is 6.31. The number of imidazole rings is 1. The van der Waals surface area contributed by atoms with E-state index in [1.807, 2.05) is 16.7 Å². The number of aryl methyl sites for hydroxylation is 1. The second-order valence-corrected chi connectivity index (χ2v) is 4.30. The van der Waals surface area contributed by atoms with E-state index in [0.717, 1.165) is 16.9 Å². The van der Waals surface area contributed by atoms with Gasteiger partial charge >= 0.3 is 0 Å². The van der Waals surface area contributed by atoms with Gasteiger partial charge in [0.05, 0.1) is 17.6 Å². The van der Waals surface area contributed by atoms with Crippen LogP contribution in [0.3, 0.4) is 0 Å². The molecule has 0 atom stereocenters. The van der Waals surface area contributed by atoms with Gasteiger partial charge in [0.2, 0.25) is 0 Å². The number of rotatable bonds is 5. The first kappa shape index (κ1) is 12.4. The van der Waals surface area contributed by atoms with Gasteiger partial charge in [0.25, 0.3) is 0 Å². The van der Waals surface area contributed by atoms with Crippen LogP contribution in [-0.2, 0) is 13.0 Å². The van der Waals surface area contributed by atoms with E-state index in [-0.39, 0.29) is 13.2 Å². The SMILES string of the molecule is OCCCc1nc2ccc(Cl)cc2n1CCO. The molecule has 2 N–H and O–H groups in total. The Labute approximate surface area is 104 Å². The molecule has 2 rings (SSSR count). The molecule has 0 aliphatic rings. The molecule has 0 unspecified atom stereocenters. The van der Waals surface area contributed by atoms with Gasteiger partial charge in [-0.2, -0.15) is 0 Å². The van der Waals surface area contributed by atoms with Gasteiger partial charge in [-0.05, 0) is 24.6 Å². The van der Waals surface area contributed by atoms with Crippen LogP contribution in [0.2, 0.25) is 5.02 Å². The Balaban J connectivity index is 2.46. The molecule has 5 heteroatoms. The molecule has 0 aliphatic heterocycles. The van der Waals surface area contributed by atoms with E-state index in [4.69, 9.17) is 21.8 Å². The summed E-state index contributed by atoms with van der Waals surface area (Å²) in [6.45, 7) is 0.699. The van der Waals surface area contributed by atoms with Gasteiger partial charge in [-0.1, -0.05) is 11.6 Å². The van der Waals surface area contributed by atoms with Gasteiger partial charge in [0, 0.05) is 24.6 Å². The third-order valence-electron chi connectivity index (χ3n) is 2.67. The Morgan fingerprint density at radius 2 is 2.06 bits per heavy atom. The van der Waals surface area contributed by atoms with E-state index in [2.05, 4.69) is 4.98 Å². The molecule has 0 aliphatic carbocycles. The van der Waals surface area contributed by atoms with Crippen LogP contribution in [0.1, 0.15) is 12.2 Å². The number of hydrogen-bond acceptors (Lipinski definition) is 3. The molecule has 92 valence electrons. The monoisotopic (exact) mass is 254 g/mol. The van der Waals surface area contributed by atoms with Crippen LogP contribution in [-0.4, -0.2) is 33.0 Å². The summed E-state index contributed by atoms with van der Waals surface area (Å²) in [6.07, 6.45) is 1.37. The fourth-order valence-electron chi connectivity index (χ4n) is 1.92. The molecule has 0 amide bonds. The molecule has 0 radical (unpaired) electrons. The van der Waals surface area contributed by atoms with Crippen molar-refractivity contribution in [1.82, 2.24) is 9.55 Å². The van der Waals surface area contributed by atoms with Crippen LogP contribution in [0, 0.1) is 0 Å². The molecule has 0 saturated heterocycles. The average Bonchev–Trinajstić information content (AvgIpc) is 2.65. The zero-order chi connectivity index (χ0) is 12.3. The quantitative estimate of drug-likeness (QED) is 0.852. The highest BCUT2D eigenvalue weighted by Gasteiger charge is 2.10. The Morgan fingerprint density at radius 3 is 2.76 bits per heavy atom. The van der Waals surface area contributed by atoms with Crippen molar-refractivity contribution in [2.75, 3.05) is 13.2 Å². The van der Waals surface area contributed by atoms with Gasteiger partial charge in [0.15, 0.2) is 0 Å². The van der Waals surface area contributed by atoms with Crippen molar-refractivity contribution in [3.63, 3.8) is 0 Å². The van der Waals surface area contributed by atoms with Crippen LogP contribution in [0.5, 0.6) is 0 Å². The first-order valence-electron chi connectivity index (χ1n) is 5.62. The maximum atomic E-state index is 9.09. The number of benzene rings is 1. The normalized spacial score (nSPS) is 11.2. The van der Waals surface area contributed by atoms with Gasteiger partial charge < -0.3 is 14.8 Å². The zero-order valence-corrected chi connectivity index (χ0v) is 10.2. The van der Waals surface area contributed by atoms with Crippen LogP contribution in [0.25, 0.3) is 11.0 Å². The molecule has 17 heavy (non-hydrogen) atoms. The van der Waals surface area contributed by atoms with Gasteiger partial charge in [-0.25, -0.2) is 4.98 Å². The Bertz CT molecular complexity index is 510. The maximum absolute atomic E-state index is 9.09. The molecule has 2 aromatic rings. The number of aromatic nitrogens is 2. The molecule has 1 heterocycles. The lowest BCUT2D eigenvalue weighted by Crippen LogP contribution is -2.07. The first-order valence-corrected chi connectivity index (χ1v) is 6.00. The summed E-state index contributed by atoms with van der Waals surface area (Å²) < 4.78 is 1.96. The van der Waals surface area contributed by atoms with E-state index >= 15 is 0 Å². The first-order chi connectivity index (χ1) is 8.26. The molecule has 0 saturated carbocycles. The molecular weight excluding hydrogens is 240 g/mol. The minimum Gasteiger partial charge on any atom is -0.396 e. The smallest absolute Gasteiger partial charge is 0.110 e. The number of nitrogens with zero attached hydrogens (tertiary/aromatic N) is 2. The van der Waals surface area contributed by atoms with Crippen molar-refractivity contribution in [1.29, 1.82) is 0 Å². The molecule has 0 spiro atoms. The third-order valence-corrected chi connectivity index (χ3v) is 2.91. The molecule has 0 bridgehead atoms. The van der Waals surface area contributed by atoms with E-state index < -0.39 is 0 Å². The van der Waals surface area contributed by atoms with Gasteiger partial charge in [0.1, 0.15) is 5.82 Å². The molecule has 0 fully saturated rings. The summed E-state index contributed by atoms with van der Waals surface area (Å²) in [4.78, 5) is 4.49. The predicted molar refractivity (Wildman–Crippen MR) is 67.2 cm³/mol. The number of aliphatic hydroxyl groups is 2. The fourth-order valence-corrected chi connectivity index (χ4v) is 2.09. The minimum atomic E-state index is 0.0596. The Hall–Kier alpha value is -1.10. The lowest BCUT2D eigenvalue weighted by molar-refractivity contribution is 0.272. The standard InChI is InChI=1S/C12H15ClN2O2/c13-9-3-4-10-11(8-9)15(5-7-17)12(14-10)2-1-6-16/h3-4,8,16-17H,1-2,5-7H2. The van der Waals surface area contributed by atoms with Crippen molar-refractivity contribution >= 4 is 22.6 Å². The molecule has 4 nitrogen and oxygen atoms in total. The second kappa shape index (κ2) is 5.49. The van der Waals surface area contributed by atoms with Gasteiger partial charge in [-0.3, -0.25) is 0 Å². The topological polar surface area (TPSA) is 58.3 Å². The number of hydrogen-bond donors (Lipinski definition) is 2. The number of aliphatic hydroxyl groups excluding tert-OH is 2. The summed E-state index contributed by atoms with van der Waals surface area (Å²) in [5.41, 5.74) is 1.80. The van der Waals surface area contributed by atoms with Crippen LogP contribution in [0.4, 0.5) is 0 Å². The van der Waals surface area contributed by atoms with E-state index in [1.165, 1.54) is 0 Å². The van der Waals surface area contributed by atoms with Crippen LogP contribution >= 0.6 is 11.6 Å². The third kappa shape index (κ3) is 2.60. The van der Waals surface area contributed by atoms with Crippen molar-refractivity contribution < 1.29 is 10.2 Å². The summed E-state index contributed by atoms with van der Waals surface area (Å²) >= 11 is 5.96. The lowest BCUT2D eigenvalue weighted by atomic mass is 10.3. The molecule has 1 aromatic heterocycles. The van der Waals surface area contributed by atoms with Crippen LogP contribution < -0.4 is 0 Å². The van der Waals surface area contributed by atoms with Crippen molar-refractivity contribution in [2.24, 2.45) is 0 Å². The average molecular weight is 255 g/mol. The largest absolute Gasteiger partial charge is 0.396 e. The zero-order valence-electron chi connectivity index (χ0n) is 9.43. The summed E-state index contributed by atoms with van der Waals surface area (Å²) in [7, 11) is 0. The molecule has 1 aromatic carbocycles. The maximum Gasteiger partial charge on any atom is 0.110 e. The fraction of sp³-hybridized carbons (Fsp3) is 0.417. The van der Waals surface area contributed by atoms with E-state index in [9.17, 15) is 0 Å². The lowest BCUT2D eigenvalue weighted by Gasteiger charge is -2.06. The van der Waals surface area contributed by atoms with Crippen LogP contribution in [0.15, 0.2) is 18.2 Å². The van der Waals surface area contributed by atoms with Crippen molar-refractivity contribution in [3.05, 3.63) is 29.0 Å². The predicted octanol–water partition coefficient (Wildman–Crippen LogP) is 1.61. The van der Waals surface area contributed by atoms with Gasteiger partial charge in [-0.15, -0.1) is 0 Å². The Morgan fingerprint density at radius 1 is 1.24 bits per heavy atom. The van der Waals surface area contributed by atoms with Crippen molar-refractivity contribution in [3.8, 4) is 0 Å². The number of halogens is 1. The minimum absolute atomic E-state index is 0.0596.